The minimum Gasteiger partial charge on any atom is -0.456 e. The largest absolute Gasteiger partial charge is 0.456 e. The van der Waals surface area contributed by atoms with E-state index in [-0.39, 0.29) is 35.4 Å². The molecular weight excluding hydrogens is 452 g/mol. The van der Waals surface area contributed by atoms with Crippen molar-refractivity contribution in [1.82, 2.24) is 24.8 Å². The molecule has 1 aliphatic rings. The molecule has 0 radical (unpaired) electrons. The number of rotatable bonds is 7. The van der Waals surface area contributed by atoms with Crippen LogP contribution in [0.1, 0.15) is 40.3 Å². The van der Waals surface area contributed by atoms with Crippen LogP contribution in [0, 0.1) is 5.92 Å². The van der Waals surface area contributed by atoms with Crippen LogP contribution >= 0.6 is 0 Å². The minimum atomic E-state index is -1.18. The van der Waals surface area contributed by atoms with Gasteiger partial charge in [-0.25, -0.2) is 4.98 Å². The van der Waals surface area contributed by atoms with Crippen LogP contribution in [0.25, 0.3) is 11.2 Å². The summed E-state index contributed by atoms with van der Waals surface area (Å²) < 4.78 is 18.1. The number of nitrogens with one attached hydrogen (secondary N) is 3. The molecule has 2 aromatic rings. The number of carbonyl (C=O) groups is 4. The Hall–Kier alpha value is -3.81. The van der Waals surface area contributed by atoms with E-state index < -0.39 is 47.9 Å². The van der Waals surface area contributed by atoms with Gasteiger partial charge in [0.1, 0.15) is 6.10 Å². The number of hydrogen-bond donors (Lipinski definition) is 3. The number of hydrogen-bond acceptors (Lipinski definition) is 10. The molecule has 0 aromatic carbocycles. The Balaban J connectivity index is 2.08. The van der Waals surface area contributed by atoms with Gasteiger partial charge in [-0.15, -0.1) is 0 Å². The van der Waals surface area contributed by atoms with Gasteiger partial charge in [0, 0.05) is 26.8 Å². The smallest absolute Gasteiger partial charge is 0.303 e. The van der Waals surface area contributed by atoms with Gasteiger partial charge in [-0.2, -0.15) is 4.98 Å². The molecule has 1 fully saturated rings. The van der Waals surface area contributed by atoms with E-state index in [2.05, 4.69) is 25.6 Å². The number of amides is 2. The van der Waals surface area contributed by atoms with E-state index >= 15 is 0 Å². The van der Waals surface area contributed by atoms with Crippen molar-refractivity contribution in [2.45, 2.75) is 58.7 Å². The molecule has 1 saturated heterocycles. The van der Waals surface area contributed by atoms with Crippen molar-refractivity contribution in [3.63, 3.8) is 0 Å². The van der Waals surface area contributed by atoms with Crippen molar-refractivity contribution in [3.05, 3.63) is 16.7 Å². The zero-order valence-corrected chi connectivity index (χ0v) is 19.3. The Bertz CT molecular complexity index is 1170. The highest BCUT2D eigenvalue weighted by Crippen LogP contribution is 2.36. The topological polar surface area (TPSA) is 184 Å². The molecule has 3 rings (SSSR count). The third kappa shape index (κ3) is 5.22. The van der Waals surface area contributed by atoms with E-state index in [1.807, 2.05) is 0 Å². The number of nitrogens with zero attached hydrogens (tertiary/aromatic N) is 3. The van der Waals surface area contributed by atoms with E-state index in [4.69, 9.17) is 14.2 Å². The van der Waals surface area contributed by atoms with Crippen LogP contribution in [0.4, 0.5) is 5.95 Å². The van der Waals surface area contributed by atoms with E-state index in [0.717, 1.165) is 0 Å². The SMILES string of the molecule is CNC(=O)C[C@H]1O[C@@H](n2cnc3c(=O)[nH]c(NC(=O)C(C)C)nc32)[C@H](OC(C)=O)[C@@H]1OC(C)=O. The average molecular weight is 478 g/mol. The quantitative estimate of drug-likeness (QED) is 0.443. The third-order valence-electron chi connectivity index (χ3n) is 5.03. The van der Waals surface area contributed by atoms with Gasteiger partial charge in [0.2, 0.25) is 17.8 Å². The maximum absolute atomic E-state index is 12.5. The fourth-order valence-electron chi connectivity index (χ4n) is 3.46. The zero-order chi connectivity index (χ0) is 25.2. The normalized spacial score (nSPS) is 21.9. The van der Waals surface area contributed by atoms with Crippen LogP contribution < -0.4 is 16.2 Å². The molecule has 4 atom stereocenters. The molecule has 1 aliphatic heterocycles. The lowest BCUT2D eigenvalue weighted by Gasteiger charge is -2.23. The standard InChI is InChI=1S/C20H26N6O8/c1-8(2)17(30)24-20-23-16-13(18(31)25-20)22-7-26(16)19-15(33-10(4)28)14(32-9(3)27)11(34-19)6-12(29)21-5/h7-8,11,14-15,19H,6H2,1-5H3,(H,21,29)(H2,23,24,25,30,31)/t11-,14-,15-,19-/m1/s1. The molecule has 0 spiro atoms. The van der Waals surface area contributed by atoms with Crippen LogP contribution in [0.2, 0.25) is 0 Å². The Morgan fingerprint density at radius 2 is 1.82 bits per heavy atom. The molecule has 0 aliphatic carbocycles. The highest BCUT2D eigenvalue weighted by Gasteiger charge is 2.51. The molecule has 3 N–H and O–H groups in total. The van der Waals surface area contributed by atoms with Gasteiger partial charge in [0.25, 0.3) is 5.56 Å². The molecule has 3 heterocycles. The summed E-state index contributed by atoms with van der Waals surface area (Å²) in [6.45, 7) is 5.69. The average Bonchev–Trinajstić information content (AvgIpc) is 3.29. The first kappa shape index (κ1) is 24.8. The molecular formula is C20H26N6O8. The van der Waals surface area contributed by atoms with Crippen LogP contribution in [0.3, 0.4) is 0 Å². The van der Waals surface area contributed by atoms with Gasteiger partial charge in [-0.3, -0.25) is 38.8 Å². The lowest BCUT2D eigenvalue weighted by atomic mass is 10.1. The van der Waals surface area contributed by atoms with E-state index in [1.54, 1.807) is 13.8 Å². The second-order valence-electron chi connectivity index (χ2n) is 7.97. The molecule has 2 aromatic heterocycles. The summed E-state index contributed by atoms with van der Waals surface area (Å²) >= 11 is 0. The van der Waals surface area contributed by atoms with E-state index in [1.165, 1.54) is 31.8 Å². The molecule has 0 saturated carbocycles. The van der Waals surface area contributed by atoms with Gasteiger partial charge in [0.15, 0.2) is 29.6 Å². The maximum Gasteiger partial charge on any atom is 0.303 e. The van der Waals surface area contributed by atoms with Crippen LogP contribution in [0.15, 0.2) is 11.1 Å². The number of anilines is 1. The number of aromatic amines is 1. The number of imidazole rings is 1. The zero-order valence-electron chi connectivity index (χ0n) is 19.3. The van der Waals surface area contributed by atoms with Crippen molar-refractivity contribution in [2.24, 2.45) is 5.92 Å². The summed E-state index contributed by atoms with van der Waals surface area (Å²) in [4.78, 5) is 71.0. The molecule has 34 heavy (non-hydrogen) atoms. The number of esters is 2. The van der Waals surface area contributed by atoms with Crippen molar-refractivity contribution in [2.75, 3.05) is 12.4 Å². The van der Waals surface area contributed by atoms with Crippen molar-refractivity contribution in [1.29, 1.82) is 0 Å². The van der Waals surface area contributed by atoms with Gasteiger partial charge >= 0.3 is 11.9 Å². The Labute approximate surface area is 193 Å². The van der Waals surface area contributed by atoms with Crippen molar-refractivity contribution in [3.8, 4) is 0 Å². The highest BCUT2D eigenvalue weighted by molar-refractivity contribution is 5.91. The lowest BCUT2D eigenvalue weighted by molar-refractivity contribution is -0.165. The second kappa shape index (κ2) is 9.99. The highest BCUT2D eigenvalue weighted by atomic mass is 16.6. The Morgan fingerprint density at radius 3 is 2.41 bits per heavy atom. The van der Waals surface area contributed by atoms with Gasteiger partial charge in [-0.1, -0.05) is 13.8 Å². The van der Waals surface area contributed by atoms with Gasteiger partial charge in [0.05, 0.1) is 12.7 Å². The van der Waals surface area contributed by atoms with Crippen LogP contribution in [-0.4, -0.2) is 68.6 Å². The number of fused-ring (bicyclic) bond motifs is 1. The van der Waals surface area contributed by atoms with E-state index in [9.17, 15) is 24.0 Å². The fourth-order valence-corrected chi connectivity index (χ4v) is 3.46. The van der Waals surface area contributed by atoms with Gasteiger partial charge in [-0.05, 0) is 0 Å². The maximum atomic E-state index is 12.5. The van der Waals surface area contributed by atoms with Crippen molar-refractivity contribution >= 4 is 40.9 Å². The summed E-state index contributed by atoms with van der Waals surface area (Å²) in [6, 6.07) is 0. The van der Waals surface area contributed by atoms with Crippen LogP contribution in [-0.2, 0) is 33.4 Å². The first-order valence-electron chi connectivity index (χ1n) is 10.5. The molecule has 184 valence electrons. The minimum absolute atomic E-state index is 0.0205. The lowest BCUT2D eigenvalue weighted by Crippen LogP contribution is -2.40. The third-order valence-corrected chi connectivity index (χ3v) is 5.03. The predicted octanol–water partition coefficient (Wildman–Crippen LogP) is -0.389. The molecule has 14 heteroatoms. The van der Waals surface area contributed by atoms with Gasteiger partial charge < -0.3 is 19.5 Å². The summed E-state index contributed by atoms with van der Waals surface area (Å²) in [5.74, 6) is -2.60. The van der Waals surface area contributed by atoms with E-state index in [0.29, 0.717) is 0 Å². The monoisotopic (exact) mass is 478 g/mol. The number of carbonyl (C=O) groups excluding carboxylic acids is 4. The predicted molar refractivity (Wildman–Crippen MR) is 115 cm³/mol. The summed E-state index contributed by atoms with van der Waals surface area (Å²) in [5.41, 5.74) is -0.665. The molecule has 2 amide bonds. The van der Waals surface area contributed by atoms with Crippen LogP contribution in [0.5, 0.6) is 0 Å². The second-order valence-corrected chi connectivity index (χ2v) is 7.97. The number of aromatic nitrogens is 4. The Kier molecular flexibility index (Phi) is 7.29. The fraction of sp³-hybridized carbons (Fsp3) is 0.550. The summed E-state index contributed by atoms with van der Waals surface area (Å²) in [5, 5.41) is 4.97. The molecule has 0 unspecified atom stereocenters. The first-order chi connectivity index (χ1) is 16.0. The molecule has 0 bridgehead atoms. The summed E-state index contributed by atoms with van der Waals surface area (Å²) in [7, 11) is 1.44. The number of ether oxygens (including phenoxy) is 3. The first-order valence-corrected chi connectivity index (χ1v) is 10.5. The summed E-state index contributed by atoms with van der Waals surface area (Å²) in [6.07, 6.45) is -3.37. The molecule has 14 nitrogen and oxygen atoms in total. The van der Waals surface area contributed by atoms with Crippen molar-refractivity contribution < 1.29 is 33.4 Å². The Morgan fingerprint density at radius 1 is 1.18 bits per heavy atom. The number of H-pyrrole nitrogens is 1.